The molecule has 0 saturated carbocycles. The average Bonchev–Trinajstić information content (AvgIpc) is 2.85. The Morgan fingerprint density at radius 2 is 1.83 bits per heavy atom. The summed E-state index contributed by atoms with van der Waals surface area (Å²) in [5, 5.41) is 15.2. The smallest absolute Gasteiger partial charge is 0.343 e. The lowest BCUT2D eigenvalue weighted by Crippen LogP contribution is -2.24. The van der Waals surface area contributed by atoms with Crippen LogP contribution < -0.4 is 19.6 Å². The summed E-state index contributed by atoms with van der Waals surface area (Å²) in [7, 11) is 1.40. The Kier molecular flexibility index (Phi) is 8.36. The molecule has 1 N–H and O–H groups in total. The number of carbonyl (C=O) groups is 2. The Labute approximate surface area is 205 Å². The van der Waals surface area contributed by atoms with Gasteiger partial charge < -0.3 is 14.2 Å². The van der Waals surface area contributed by atoms with Crippen LogP contribution in [0.3, 0.4) is 0 Å². The Balaban J connectivity index is 1.56. The number of nitro benzene ring substituents is 1. The molecule has 0 aliphatic carbocycles. The van der Waals surface area contributed by atoms with Crippen LogP contribution in [0.2, 0.25) is 5.02 Å². The summed E-state index contributed by atoms with van der Waals surface area (Å²) in [5.74, 6) is -0.271. The van der Waals surface area contributed by atoms with Crippen molar-refractivity contribution in [3.05, 3.63) is 92.5 Å². The van der Waals surface area contributed by atoms with E-state index in [0.29, 0.717) is 16.3 Å². The van der Waals surface area contributed by atoms with Crippen LogP contribution in [0, 0.1) is 17.0 Å². The predicted octanol–water partition coefficient (Wildman–Crippen LogP) is 4.31. The Morgan fingerprint density at radius 3 is 2.49 bits per heavy atom. The van der Waals surface area contributed by atoms with Gasteiger partial charge in [0.05, 0.1) is 23.8 Å². The molecule has 0 spiro atoms. The highest BCUT2D eigenvalue weighted by Gasteiger charge is 2.14. The fourth-order valence-electron chi connectivity index (χ4n) is 2.79. The molecular weight excluding hydrogens is 478 g/mol. The second-order valence-electron chi connectivity index (χ2n) is 7.10. The summed E-state index contributed by atoms with van der Waals surface area (Å²) in [6.07, 6.45) is 1.38. The van der Waals surface area contributed by atoms with Gasteiger partial charge in [0.25, 0.3) is 11.6 Å². The fraction of sp³-hybridized carbons (Fsp3) is 0.125. The molecule has 0 fully saturated rings. The topological polar surface area (TPSA) is 129 Å². The van der Waals surface area contributed by atoms with Gasteiger partial charge in [-0.3, -0.25) is 14.9 Å². The van der Waals surface area contributed by atoms with Crippen molar-refractivity contribution in [2.24, 2.45) is 5.10 Å². The Hall–Kier alpha value is -4.44. The van der Waals surface area contributed by atoms with Crippen LogP contribution in [0.15, 0.2) is 65.8 Å². The maximum absolute atomic E-state index is 12.4. The van der Waals surface area contributed by atoms with E-state index in [4.69, 9.17) is 25.8 Å². The van der Waals surface area contributed by atoms with Gasteiger partial charge in [-0.25, -0.2) is 10.2 Å². The van der Waals surface area contributed by atoms with Gasteiger partial charge >= 0.3 is 5.97 Å². The molecule has 1 amide bonds. The monoisotopic (exact) mass is 497 g/mol. The summed E-state index contributed by atoms with van der Waals surface area (Å²) in [5.41, 5.74) is 3.75. The maximum atomic E-state index is 12.4. The minimum Gasteiger partial charge on any atom is -0.493 e. The number of aryl methyl sites for hydroxylation is 1. The van der Waals surface area contributed by atoms with E-state index in [1.807, 2.05) is 6.92 Å². The summed E-state index contributed by atoms with van der Waals surface area (Å²) in [4.78, 5) is 34.5. The van der Waals surface area contributed by atoms with Crippen LogP contribution in [-0.2, 0) is 4.79 Å². The lowest BCUT2D eigenvalue weighted by molar-refractivity contribution is -0.384. The zero-order valence-corrected chi connectivity index (χ0v) is 19.4. The van der Waals surface area contributed by atoms with Gasteiger partial charge in [0, 0.05) is 17.2 Å². The van der Waals surface area contributed by atoms with Gasteiger partial charge in [0.1, 0.15) is 5.75 Å². The Morgan fingerprint density at radius 1 is 1.09 bits per heavy atom. The van der Waals surface area contributed by atoms with E-state index < -0.39 is 16.8 Å². The predicted molar refractivity (Wildman–Crippen MR) is 128 cm³/mol. The van der Waals surface area contributed by atoms with E-state index in [1.165, 1.54) is 43.7 Å². The molecule has 0 aromatic heterocycles. The number of nitro groups is 1. The Bertz CT molecular complexity index is 1280. The minimum absolute atomic E-state index is 0.137. The zero-order chi connectivity index (χ0) is 25.4. The zero-order valence-electron chi connectivity index (χ0n) is 18.7. The molecule has 3 aromatic rings. The van der Waals surface area contributed by atoms with Gasteiger partial charge in [-0.2, -0.15) is 5.10 Å². The van der Waals surface area contributed by atoms with Crippen LogP contribution in [0.25, 0.3) is 0 Å². The normalized spacial score (nSPS) is 10.6. The van der Waals surface area contributed by atoms with Gasteiger partial charge in [0.2, 0.25) is 0 Å². The summed E-state index contributed by atoms with van der Waals surface area (Å²) in [6.45, 7) is 1.59. The molecule has 0 unspecified atom stereocenters. The van der Waals surface area contributed by atoms with Crippen LogP contribution in [0.4, 0.5) is 5.69 Å². The molecule has 0 heterocycles. The number of halogens is 1. The molecule has 0 saturated heterocycles. The van der Waals surface area contributed by atoms with Crippen LogP contribution in [-0.4, -0.2) is 36.7 Å². The van der Waals surface area contributed by atoms with E-state index in [-0.39, 0.29) is 29.4 Å². The minimum atomic E-state index is -0.706. The van der Waals surface area contributed by atoms with Crippen molar-refractivity contribution in [2.45, 2.75) is 6.92 Å². The molecule has 35 heavy (non-hydrogen) atoms. The lowest BCUT2D eigenvalue weighted by Gasteiger charge is -2.10. The number of carbonyl (C=O) groups excluding carboxylic acids is 2. The van der Waals surface area contributed by atoms with Crippen molar-refractivity contribution >= 4 is 35.4 Å². The fourth-order valence-corrected chi connectivity index (χ4v) is 2.91. The largest absolute Gasteiger partial charge is 0.493 e. The number of nitrogens with one attached hydrogen (secondary N) is 1. The quantitative estimate of drug-likeness (QED) is 0.153. The number of nitrogens with zero attached hydrogens (tertiary/aromatic N) is 2. The van der Waals surface area contributed by atoms with E-state index in [0.717, 1.165) is 5.56 Å². The third-order valence-corrected chi connectivity index (χ3v) is 5.03. The molecule has 3 aromatic carbocycles. The van der Waals surface area contributed by atoms with Crippen molar-refractivity contribution in [3.8, 4) is 17.2 Å². The van der Waals surface area contributed by atoms with Crippen molar-refractivity contribution in [2.75, 3.05) is 13.7 Å². The molecule has 0 aliphatic heterocycles. The SMILES string of the molecule is COc1cc(C=NNC(=O)COc2ccc(Cl)c(C)c2)ccc1OC(=O)c1ccc([N+](=O)[O-])cc1. The molecule has 11 heteroatoms. The maximum Gasteiger partial charge on any atom is 0.343 e. The summed E-state index contributed by atoms with van der Waals surface area (Å²) >= 11 is 5.96. The second kappa shape index (κ2) is 11.6. The molecule has 0 bridgehead atoms. The third kappa shape index (κ3) is 7.02. The average molecular weight is 498 g/mol. The van der Waals surface area contributed by atoms with Crippen molar-refractivity contribution in [3.63, 3.8) is 0 Å². The molecule has 0 aliphatic rings. The number of hydrogen-bond acceptors (Lipinski definition) is 8. The molecule has 10 nitrogen and oxygen atoms in total. The van der Waals surface area contributed by atoms with Gasteiger partial charge in [-0.1, -0.05) is 11.6 Å². The van der Waals surface area contributed by atoms with Gasteiger partial charge in [0.15, 0.2) is 18.1 Å². The number of ether oxygens (including phenoxy) is 3. The van der Waals surface area contributed by atoms with E-state index in [2.05, 4.69) is 10.5 Å². The molecule has 0 radical (unpaired) electrons. The number of methoxy groups -OCH3 is 1. The van der Waals surface area contributed by atoms with Crippen molar-refractivity contribution < 1.29 is 28.7 Å². The number of hydrogen-bond donors (Lipinski definition) is 1. The summed E-state index contributed by atoms with van der Waals surface area (Å²) < 4.78 is 16.0. The van der Waals surface area contributed by atoms with E-state index in [1.54, 1.807) is 30.3 Å². The summed E-state index contributed by atoms with van der Waals surface area (Å²) in [6, 6.07) is 14.7. The first-order chi connectivity index (χ1) is 16.8. The van der Waals surface area contributed by atoms with Crippen LogP contribution in [0.1, 0.15) is 21.5 Å². The highest BCUT2D eigenvalue weighted by atomic mass is 35.5. The molecule has 180 valence electrons. The number of non-ortho nitro benzene ring substituents is 1. The first-order valence-corrected chi connectivity index (χ1v) is 10.5. The van der Waals surface area contributed by atoms with Gasteiger partial charge in [-0.05, 0) is 66.6 Å². The standard InChI is InChI=1S/C24H20ClN3O7/c1-15-11-19(8-9-20(15)25)34-14-23(29)27-26-13-16-3-10-21(22(12-16)33-2)35-24(30)17-4-6-18(7-5-17)28(31)32/h3-13H,14H2,1-2H3,(H,27,29). The first-order valence-electron chi connectivity index (χ1n) is 10.1. The second-order valence-corrected chi connectivity index (χ2v) is 7.50. The number of hydrazone groups is 1. The van der Waals surface area contributed by atoms with Crippen LogP contribution in [0.5, 0.6) is 17.2 Å². The lowest BCUT2D eigenvalue weighted by atomic mass is 10.2. The molecular formula is C24H20ClN3O7. The van der Waals surface area contributed by atoms with E-state index in [9.17, 15) is 19.7 Å². The number of rotatable bonds is 9. The number of amides is 1. The third-order valence-electron chi connectivity index (χ3n) is 4.61. The van der Waals surface area contributed by atoms with Crippen molar-refractivity contribution in [1.29, 1.82) is 0 Å². The van der Waals surface area contributed by atoms with E-state index >= 15 is 0 Å². The highest BCUT2D eigenvalue weighted by Crippen LogP contribution is 2.28. The first kappa shape index (κ1) is 25.2. The van der Waals surface area contributed by atoms with Crippen molar-refractivity contribution in [1.82, 2.24) is 5.43 Å². The van der Waals surface area contributed by atoms with Gasteiger partial charge in [-0.15, -0.1) is 0 Å². The number of benzene rings is 3. The highest BCUT2D eigenvalue weighted by molar-refractivity contribution is 6.31. The number of esters is 1. The molecule has 3 rings (SSSR count). The van der Waals surface area contributed by atoms with Crippen LogP contribution >= 0.6 is 11.6 Å². The molecule has 0 atom stereocenters.